The van der Waals surface area contributed by atoms with Crippen molar-refractivity contribution in [3.05, 3.63) is 64.5 Å². The molecule has 0 aliphatic carbocycles. The highest BCUT2D eigenvalue weighted by molar-refractivity contribution is 5.95. The number of carbonyl (C=O) groups is 3. The van der Waals surface area contributed by atoms with E-state index >= 15 is 0 Å². The van der Waals surface area contributed by atoms with Crippen LogP contribution in [0.4, 0.5) is 4.79 Å². The van der Waals surface area contributed by atoms with E-state index in [4.69, 9.17) is 25.5 Å². The topological polar surface area (TPSA) is 126 Å². The highest BCUT2D eigenvalue weighted by atomic mass is 16.6. The number of nitrogens with zero attached hydrogens (tertiary/aromatic N) is 5. The summed E-state index contributed by atoms with van der Waals surface area (Å²) in [4.78, 5) is 48.2. The third-order valence-corrected chi connectivity index (χ3v) is 7.20. The predicted octanol–water partition coefficient (Wildman–Crippen LogP) is 5.46. The Morgan fingerprint density at radius 1 is 0.766 bits per heavy atom. The zero-order valence-electron chi connectivity index (χ0n) is 28.6. The second-order valence-corrected chi connectivity index (χ2v) is 11.8. The number of benzene rings is 2. The summed E-state index contributed by atoms with van der Waals surface area (Å²) in [5.41, 5.74) is 1.03. The molecule has 0 spiro atoms. The van der Waals surface area contributed by atoms with Crippen LogP contribution in [0.1, 0.15) is 66.3 Å². The van der Waals surface area contributed by atoms with Crippen LogP contribution >= 0.6 is 0 Å². The Kier molecular flexibility index (Phi) is 15.3. The number of amides is 3. The first kappa shape index (κ1) is 38.2. The molecule has 0 saturated heterocycles. The zero-order valence-corrected chi connectivity index (χ0v) is 28.6. The second-order valence-electron chi connectivity index (χ2n) is 11.8. The van der Waals surface area contributed by atoms with Crippen LogP contribution in [0.2, 0.25) is 0 Å². The van der Waals surface area contributed by atoms with Crippen molar-refractivity contribution >= 4 is 17.9 Å². The first-order chi connectivity index (χ1) is 22.4. The molecule has 12 nitrogen and oxygen atoms in total. The van der Waals surface area contributed by atoms with Crippen LogP contribution in [0.15, 0.2) is 36.4 Å². The SMILES string of the molecule is [C-]#[N+]CCN(CCCN(CCCN(CCC#N)C(=O)c1ccc(OC)c(OC)c1)C(=O)OC(C)(C)C)C(=O)c1ccc(C)c(OC)c1. The molecule has 254 valence electrons. The molecule has 0 heterocycles. The average Bonchev–Trinajstić information content (AvgIpc) is 3.05. The molecule has 0 atom stereocenters. The number of methoxy groups -OCH3 is 3. The van der Waals surface area contributed by atoms with Gasteiger partial charge in [-0.2, -0.15) is 5.26 Å². The van der Waals surface area contributed by atoms with Crippen molar-refractivity contribution in [2.24, 2.45) is 0 Å². The predicted molar refractivity (Wildman–Crippen MR) is 178 cm³/mol. The van der Waals surface area contributed by atoms with Crippen LogP contribution in [0.3, 0.4) is 0 Å². The fourth-order valence-electron chi connectivity index (χ4n) is 4.80. The minimum Gasteiger partial charge on any atom is -0.496 e. The number of nitriles is 1. The van der Waals surface area contributed by atoms with Crippen molar-refractivity contribution in [3.63, 3.8) is 0 Å². The maximum Gasteiger partial charge on any atom is 0.410 e. The minimum absolute atomic E-state index is 0.149. The van der Waals surface area contributed by atoms with Crippen molar-refractivity contribution in [3.8, 4) is 23.3 Å². The molecule has 2 aromatic carbocycles. The summed E-state index contributed by atoms with van der Waals surface area (Å²) in [5.74, 6) is 1.02. The quantitative estimate of drug-likeness (QED) is 0.207. The molecule has 0 fully saturated rings. The van der Waals surface area contributed by atoms with Gasteiger partial charge in [0.2, 0.25) is 6.54 Å². The Morgan fingerprint density at radius 2 is 1.28 bits per heavy atom. The van der Waals surface area contributed by atoms with Gasteiger partial charge in [-0.25, -0.2) is 11.4 Å². The lowest BCUT2D eigenvalue weighted by atomic mass is 10.1. The maximum atomic E-state index is 13.4. The molecule has 2 rings (SSSR count). The van der Waals surface area contributed by atoms with Gasteiger partial charge in [-0.3, -0.25) is 9.59 Å². The molecule has 0 aliphatic heterocycles. The lowest BCUT2D eigenvalue weighted by Gasteiger charge is -2.29. The van der Waals surface area contributed by atoms with Crippen molar-refractivity contribution < 1.29 is 33.3 Å². The van der Waals surface area contributed by atoms with Crippen LogP contribution in [0.5, 0.6) is 17.2 Å². The van der Waals surface area contributed by atoms with E-state index in [2.05, 4.69) is 10.9 Å². The van der Waals surface area contributed by atoms with E-state index in [0.29, 0.717) is 54.3 Å². The third kappa shape index (κ3) is 12.0. The molecule has 0 unspecified atom stereocenters. The van der Waals surface area contributed by atoms with Crippen molar-refractivity contribution in [1.29, 1.82) is 5.26 Å². The van der Waals surface area contributed by atoms with Gasteiger partial charge in [0.25, 0.3) is 11.8 Å². The Bertz CT molecular complexity index is 1440. The van der Waals surface area contributed by atoms with E-state index < -0.39 is 11.7 Å². The fraction of sp³-hybridized carbons (Fsp3) is 0.514. The molecular formula is C35H47N5O7. The summed E-state index contributed by atoms with van der Waals surface area (Å²) in [7, 11) is 4.55. The molecule has 0 N–H and O–H groups in total. The summed E-state index contributed by atoms with van der Waals surface area (Å²) in [6.45, 7) is 16.3. The van der Waals surface area contributed by atoms with E-state index in [1.54, 1.807) is 72.9 Å². The number of aryl methyl sites for hydroxylation is 1. The molecule has 2 aromatic rings. The van der Waals surface area contributed by atoms with Crippen molar-refractivity contribution in [2.45, 2.75) is 52.6 Å². The molecule has 0 radical (unpaired) electrons. The molecule has 0 saturated carbocycles. The molecule has 0 aliphatic rings. The summed E-state index contributed by atoms with van der Waals surface area (Å²) >= 11 is 0. The van der Waals surface area contributed by atoms with Gasteiger partial charge in [-0.1, -0.05) is 6.07 Å². The Balaban J connectivity index is 2.17. The van der Waals surface area contributed by atoms with Crippen molar-refractivity contribution in [1.82, 2.24) is 14.7 Å². The van der Waals surface area contributed by atoms with Gasteiger partial charge in [0.15, 0.2) is 11.5 Å². The summed E-state index contributed by atoms with van der Waals surface area (Å²) in [6, 6.07) is 12.2. The van der Waals surface area contributed by atoms with E-state index in [1.165, 1.54) is 14.2 Å². The summed E-state index contributed by atoms with van der Waals surface area (Å²) < 4.78 is 21.7. The molecular weight excluding hydrogens is 602 g/mol. The van der Waals surface area contributed by atoms with E-state index in [0.717, 1.165) is 5.56 Å². The van der Waals surface area contributed by atoms with Gasteiger partial charge >= 0.3 is 6.09 Å². The molecule has 3 amide bonds. The normalized spacial score (nSPS) is 10.7. The first-order valence-electron chi connectivity index (χ1n) is 15.5. The van der Waals surface area contributed by atoms with Crippen LogP contribution < -0.4 is 14.2 Å². The zero-order chi connectivity index (χ0) is 35.0. The van der Waals surface area contributed by atoms with Gasteiger partial charge in [0.05, 0.1) is 40.4 Å². The average molecular weight is 650 g/mol. The van der Waals surface area contributed by atoms with Gasteiger partial charge in [0, 0.05) is 43.9 Å². The van der Waals surface area contributed by atoms with Gasteiger partial charge in [-0.15, -0.1) is 0 Å². The van der Waals surface area contributed by atoms with Crippen molar-refractivity contribution in [2.75, 3.05) is 67.1 Å². The molecule has 12 heteroatoms. The Hall–Kier alpha value is -4.97. The largest absolute Gasteiger partial charge is 0.496 e. The fourth-order valence-corrected chi connectivity index (χ4v) is 4.80. The van der Waals surface area contributed by atoms with E-state index in [9.17, 15) is 19.6 Å². The second kappa shape index (κ2) is 18.9. The summed E-state index contributed by atoms with van der Waals surface area (Å²) in [5, 5.41) is 9.21. The van der Waals surface area contributed by atoms with Crippen LogP contribution in [-0.4, -0.2) is 105 Å². The number of hydrogen-bond donors (Lipinski definition) is 0. The minimum atomic E-state index is -0.723. The molecule has 0 bridgehead atoms. The highest BCUT2D eigenvalue weighted by Gasteiger charge is 2.24. The summed E-state index contributed by atoms with van der Waals surface area (Å²) in [6.07, 6.45) is 0.507. The number of rotatable bonds is 17. The smallest absolute Gasteiger partial charge is 0.410 e. The van der Waals surface area contributed by atoms with Crippen LogP contribution in [-0.2, 0) is 4.74 Å². The number of ether oxygens (including phenoxy) is 4. The lowest BCUT2D eigenvalue weighted by Crippen LogP contribution is -2.41. The number of carbonyl (C=O) groups excluding carboxylic acids is 3. The Labute approximate surface area is 278 Å². The number of hydrogen-bond acceptors (Lipinski definition) is 8. The third-order valence-electron chi connectivity index (χ3n) is 7.20. The maximum absolute atomic E-state index is 13.4. The van der Waals surface area contributed by atoms with Crippen LogP contribution in [0, 0.1) is 24.8 Å². The van der Waals surface area contributed by atoms with Gasteiger partial charge < -0.3 is 38.5 Å². The monoisotopic (exact) mass is 649 g/mol. The molecule has 0 aromatic heterocycles. The standard InChI is InChI=1S/C35H47N5O7/c1-26-12-13-27(24-30(26)45-7)33(42)39(23-17-37-5)20-11-22-40(34(43)47-35(2,3)4)21-10-19-38(18-9-16-36)32(41)28-14-15-29(44-6)31(25-28)46-8/h12-15,24-25H,9-11,17-23H2,1-4,6-8H3. The van der Waals surface area contributed by atoms with Gasteiger partial charge in [0.1, 0.15) is 11.4 Å². The van der Waals surface area contributed by atoms with Gasteiger partial charge in [-0.05, 0) is 76.4 Å². The Morgan fingerprint density at radius 3 is 1.79 bits per heavy atom. The first-order valence-corrected chi connectivity index (χ1v) is 15.5. The lowest BCUT2D eigenvalue weighted by molar-refractivity contribution is 0.0237. The van der Waals surface area contributed by atoms with E-state index in [-0.39, 0.29) is 51.0 Å². The van der Waals surface area contributed by atoms with E-state index in [1.807, 2.05) is 13.0 Å². The molecule has 47 heavy (non-hydrogen) atoms. The highest BCUT2D eigenvalue weighted by Crippen LogP contribution is 2.28. The van der Waals surface area contributed by atoms with Crippen LogP contribution in [0.25, 0.3) is 4.85 Å².